The average Bonchev–Trinajstić information content (AvgIpc) is 3.49. The van der Waals surface area contributed by atoms with Crippen molar-refractivity contribution in [2.24, 2.45) is 5.92 Å². The van der Waals surface area contributed by atoms with Crippen LogP contribution < -0.4 is 4.74 Å². The molecule has 0 amide bonds. The molecule has 5 rings (SSSR count). The van der Waals surface area contributed by atoms with Gasteiger partial charge in [-0.15, -0.1) is 0 Å². The molecule has 0 bridgehead atoms. The van der Waals surface area contributed by atoms with Crippen molar-refractivity contribution in [2.45, 2.75) is 45.1 Å². The Morgan fingerprint density at radius 3 is 2.64 bits per heavy atom. The second-order valence-corrected chi connectivity index (χ2v) is 9.01. The largest absolute Gasteiger partial charge is 0.469 e. The maximum Gasteiger partial charge on any atom is 0.387 e. The van der Waals surface area contributed by atoms with Crippen molar-refractivity contribution in [3.8, 4) is 16.9 Å². The molecular formula is C27H26F2N4O3. The Morgan fingerprint density at radius 2 is 1.89 bits per heavy atom. The minimum atomic E-state index is -2.89. The molecule has 3 aromatic heterocycles. The van der Waals surface area contributed by atoms with Gasteiger partial charge in [0.05, 0.1) is 18.7 Å². The van der Waals surface area contributed by atoms with Gasteiger partial charge in [0.25, 0.3) is 0 Å². The molecule has 0 spiro atoms. The van der Waals surface area contributed by atoms with Crippen molar-refractivity contribution in [1.82, 2.24) is 19.4 Å². The number of hydrogen-bond donors (Lipinski definition) is 0. The average molecular weight is 493 g/mol. The molecular weight excluding hydrogens is 466 g/mol. The van der Waals surface area contributed by atoms with Gasteiger partial charge in [0.1, 0.15) is 17.2 Å². The molecule has 1 aliphatic rings. The number of esters is 1. The molecule has 1 aromatic carbocycles. The van der Waals surface area contributed by atoms with Crippen molar-refractivity contribution in [2.75, 3.05) is 7.11 Å². The molecule has 4 aromatic rings. The van der Waals surface area contributed by atoms with Gasteiger partial charge in [-0.05, 0) is 44.4 Å². The lowest BCUT2D eigenvalue weighted by Crippen LogP contribution is -2.13. The van der Waals surface area contributed by atoms with Gasteiger partial charge in [-0.25, -0.2) is 15.0 Å². The zero-order chi connectivity index (χ0) is 25.2. The molecule has 3 heterocycles. The summed E-state index contributed by atoms with van der Waals surface area (Å²) < 4.78 is 37.3. The van der Waals surface area contributed by atoms with Crippen LogP contribution in [0.1, 0.15) is 48.0 Å². The number of benzene rings is 1. The highest BCUT2D eigenvalue weighted by atomic mass is 19.3. The highest BCUT2D eigenvalue weighted by molar-refractivity contribution is 5.72. The highest BCUT2D eigenvalue weighted by Crippen LogP contribution is 2.37. The number of carbonyl (C=O) groups is 1. The van der Waals surface area contributed by atoms with Crippen LogP contribution in [-0.4, -0.2) is 39.0 Å². The summed E-state index contributed by atoms with van der Waals surface area (Å²) in [5, 5.41) is 0. The lowest BCUT2D eigenvalue weighted by molar-refractivity contribution is -0.145. The number of hydrogen-bond acceptors (Lipinski definition) is 6. The van der Waals surface area contributed by atoms with Crippen LogP contribution in [-0.2, 0) is 16.0 Å². The Kier molecular flexibility index (Phi) is 6.63. The van der Waals surface area contributed by atoms with Crippen molar-refractivity contribution >= 4 is 11.6 Å². The van der Waals surface area contributed by atoms with Crippen LogP contribution in [0.3, 0.4) is 0 Å². The molecule has 1 aliphatic carbocycles. The maximum absolute atomic E-state index is 12.9. The van der Waals surface area contributed by atoms with Gasteiger partial charge < -0.3 is 13.9 Å². The summed E-state index contributed by atoms with van der Waals surface area (Å²) in [6.07, 6.45) is 8.29. The number of halogens is 2. The SMILES string of the molecule is COC(=O)C1CCC(c2ncc(-c3ccc4nc(C)c(Cc5ccccc5OC(F)F)n4c3)cn2)C1. The number of fused-ring (bicyclic) bond motifs is 1. The zero-order valence-corrected chi connectivity index (χ0v) is 20.0. The molecule has 9 heteroatoms. The Balaban J connectivity index is 1.41. The van der Waals surface area contributed by atoms with Crippen LogP contribution >= 0.6 is 0 Å². The number of pyridine rings is 1. The van der Waals surface area contributed by atoms with Crippen molar-refractivity contribution in [3.05, 3.63) is 77.8 Å². The first-order chi connectivity index (χ1) is 17.4. The second kappa shape index (κ2) is 10.0. The third-order valence-corrected chi connectivity index (χ3v) is 6.80. The minimum Gasteiger partial charge on any atom is -0.469 e. The van der Waals surface area contributed by atoms with E-state index in [9.17, 15) is 13.6 Å². The monoisotopic (exact) mass is 492 g/mol. The summed E-state index contributed by atoms with van der Waals surface area (Å²) in [6.45, 7) is -0.987. The number of imidazole rings is 1. The Bertz CT molecular complexity index is 1390. The fraction of sp³-hybridized carbons (Fsp3) is 0.333. The molecule has 2 atom stereocenters. The number of methoxy groups -OCH3 is 1. The van der Waals surface area contributed by atoms with Crippen LogP contribution in [0.5, 0.6) is 5.75 Å². The fourth-order valence-electron chi connectivity index (χ4n) is 4.93. The number of alkyl halides is 2. The molecule has 186 valence electrons. The van der Waals surface area contributed by atoms with Gasteiger partial charge in [0, 0.05) is 53.3 Å². The van der Waals surface area contributed by atoms with Gasteiger partial charge in [0.15, 0.2) is 0 Å². The molecule has 7 nitrogen and oxygen atoms in total. The van der Waals surface area contributed by atoms with E-state index in [0.717, 1.165) is 46.8 Å². The summed E-state index contributed by atoms with van der Waals surface area (Å²) in [5.41, 5.74) is 4.87. The molecule has 0 N–H and O–H groups in total. The van der Waals surface area contributed by atoms with Crippen LogP contribution in [0, 0.1) is 12.8 Å². The molecule has 0 saturated heterocycles. The topological polar surface area (TPSA) is 78.6 Å². The first-order valence-corrected chi connectivity index (χ1v) is 11.8. The predicted octanol–water partition coefficient (Wildman–Crippen LogP) is 5.35. The van der Waals surface area contributed by atoms with E-state index in [-0.39, 0.29) is 23.6 Å². The predicted molar refractivity (Wildman–Crippen MR) is 129 cm³/mol. The Morgan fingerprint density at radius 1 is 1.11 bits per heavy atom. The smallest absolute Gasteiger partial charge is 0.387 e. The molecule has 1 saturated carbocycles. The van der Waals surface area contributed by atoms with E-state index in [1.165, 1.54) is 7.11 Å². The van der Waals surface area contributed by atoms with E-state index in [1.807, 2.05) is 29.7 Å². The molecule has 36 heavy (non-hydrogen) atoms. The first kappa shape index (κ1) is 23.8. The number of ether oxygens (including phenoxy) is 2. The third-order valence-electron chi connectivity index (χ3n) is 6.80. The highest BCUT2D eigenvalue weighted by Gasteiger charge is 2.32. The summed E-state index contributed by atoms with van der Waals surface area (Å²) >= 11 is 0. The van der Waals surface area contributed by atoms with Crippen molar-refractivity contribution in [1.29, 1.82) is 0 Å². The van der Waals surface area contributed by atoms with Crippen molar-refractivity contribution < 1.29 is 23.0 Å². The second-order valence-electron chi connectivity index (χ2n) is 9.01. The quantitative estimate of drug-likeness (QED) is 0.324. The van der Waals surface area contributed by atoms with Gasteiger partial charge in [-0.1, -0.05) is 18.2 Å². The Labute approximate surface area is 207 Å². The number of aryl methyl sites for hydroxylation is 1. The van der Waals surface area contributed by atoms with Crippen LogP contribution in [0.15, 0.2) is 55.0 Å². The van der Waals surface area contributed by atoms with Crippen LogP contribution in [0.4, 0.5) is 8.78 Å². The van der Waals surface area contributed by atoms with E-state index >= 15 is 0 Å². The number of nitrogens with zero attached hydrogens (tertiary/aromatic N) is 4. The maximum atomic E-state index is 12.9. The van der Waals surface area contributed by atoms with E-state index in [1.54, 1.807) is 36.7 Å². The van der Waals surface area contributed by atoms with Gasteiger partial charge in [-0.2, -0.15) is 8.78 Å². The first-order valence-electron chi connectivity index (χ1n) is 11.8. The van der Waals surface area contributed by atoms with E-state index in [0.29, 0.717) is 18.4 Å². The summed E-state index contributed by atoms with van der Waals surface area (Å²) in [7, 11) is 1.42. The molecule has 2 unspecified atom stereocenters. The lowest BCUT2D eigenvalue weighted by atomic mass is 10.0. The number of para-hydroxylation sites is 1. The number of carbonyl (C=O) groups excluding carboxylic acids is 1. The third kappa shape index (κ3) is 4.78. The van der Waals surface area contributed by atoms with E-state index in [2.05, 4.69) is 15.0 Å². The summed E-state index contributed by atoms with van der Waals surface area (Å²) in [5.74, 6) is 0.774. The van der Waals surface area contributed by atoms with Gasteiger partial charge in [-0.3, -0.25) is 4.79 Å². The fourth-order valence-corrected chi connectivity index (χ4v) is 4.93. The Hall–Kier alpha value is -3.88. The lowest BCUT2D eigenvalue weighted by Gasteiger charge is -2.12. The summed E-state index contributed by atoms with van der Waals surface area (Å²) in [4.78, 5) is 25.7. The number of aromatic nitrogens is 4. The summed E-state index contributed by atoms with van der Waals surface area (Å²) in [6, 6.07) is 10.7. The zero-order valence-electron chi connectivity index (χ0n) is 20.0. The number of rotatable bonds is 7. The van der Waals surface area contributed by atoms with Gasteiger partial charge in [0.2, 0.25) is 0 Å². The van der Waals surface area contributed by atoms with E-state index < -0.39 is 6.61 Å². The van der Waals surface area contributed by atoms with E-state index in [4.69, 9.17) is 9.47 Å². The molecule has 0 aliphatic heterocycles. The van der Waals surface area contributed by atoms with Gasteiger partial charge >= 0.3 is 12.6 Å². The van der Waals surface area contributed by atoms with Crippen LogP contribution in [0.2, 0.25) is 0 Å². The standard InChI is InChI=1S/C27H26F2N4O3/c1-16-22(12-17-5-3-4-6-23(17)36-27(28)29)33-15-20(9-10-24(33)32-16)21-13-30-25(31-14-21)18-7-8-19(11-18)26(34)35-2/h3-6,9-10,13-15,18-19,27H,7-8,11-12H2,1-2H3. The molecule has 0 radical (unpaired) electrons. The van der Waals surface area contributed by atoms with Crippen molar-refractivity contribution in [3.63, 3.8) is 0 Å². The normalized spacial score (nSPS) is 17.6. The minimum absolute atomic E-state index is 0.0928. The molecule has 1 fully saturated rings. The van der Waals surface area contributed by atoms with Crippen LogP contribution in [0.25, 0.3) is 16.8 Å².